The van der Waals surface area contributed by atoms with Crippen molar-refractivity contribution in [2.24, 2.45) is 0 Å². The normalized spacial score (nSPS) is 18.9. The van der Waals surface area contributed by atoms with Crippen molar-refractivity contribution in [3.8, 4) is 5.69 Å². The van der Waals surface area contributed by atoms with Crippen LogP contribution in [-0.2, 0) is 0 Å². The molecule has 0 saturated carbocycles. The Balaban J connectivity index is 1.53. The molecule has 0 bridgehead atoms. The van der Waals surface area contributed by atoms with E-state index in [1.165, 1.54) is 4.90 Å². The van der Waals surface area contributed by atoms with Gasteiger partial charge >= 0.3 is 12.2 Å². The highest BCUT2D eigenvalue weighted by molar-refractivity contribution is 5.90. The minimum absolute atomic E-state index is 0.114. The van der Waals surface area contributed by atoms with Gasteiger partial charge in [0.2, 0.25) is 0 Å². The van der Waals surface area contributed by atoms with Crippen LogP contribution < -0.4 is 10.6 Å². The van der Waals surface area contributed by atoms with Crippen molar-refractivity contribution in [1.82, 2.24) is 20.0 Å². The van der Waals surface area contributed by atoms with Gasteiger partial charge in [0.25, 0.3) is 0 Å². The summed E-state index contributed by atoms with van der Waals surface area (Å²) in [6.45, 7) is 3.05. The highest BCUT2D eigenvalue weighted by Crippen LogP contribution is 2.30. The fraction of sp³-hybridized carbons (Fsp3) is 0.333. The fourth-order valence-corrected chi connectivity index (χ4v) is 4.27. The van der Waals surface area contributed by atoms with Crippen LogP contribution in [0.2, 0.25) is 0 Å². The van der Waals surface area contributed by atoms with Gasteiger partial charge in [0.1, 0.15) is 5.82 Å². The first-order valence-corrected chi connectivity index (χ1v) is 10.7. The SMILES string of the molecule is Cc1nn(-c2ccccc2)c(NC(=O)NC2CN(CC(F)(F)F)C[C@H]2c2ccccc2)c1C. The molecule has 4 rings (SSSR count). The van der Waals surface area contributed by atoms with Gasteiger partial charge in [-0.15, -0.1) is 0 Å². The molecule has 1 saturated heterocycles. The van der Waals surface area contributed by atoms with Crippen molar-refractivity contribution in [2.45, 2.75) is 32.0 Å². The third kappa shape index (κ3) is 5.36. The second kappa shape index (κ2) is 9.27. The molecular formula is C24H26F3N5O. The fourth-order valence-electron chi connectivity index (χ4n) is 4.27. The molecule has 2 aromatic carbocycles. The molecule has 33 heavy (non-hydrogen) atoms. The number of carbonyl (C=O) groups is 1. The molecule has 3 aromatic rings. The van der Waals surface area contributed by atoms with Crippen LogP contribution in [-0.4, -0.2) is 52.6 Å². The average Bonchev–Trinajstić information content (AvgIpc) is 3.29. The topological polar surface area (TPSA) is 62.2 Å². The molecule has 2 amide bonds. The summed E-state index contributed by atoms with van der Waals surface area (Å²) < 4.78 is 40.7. The summed E-state index contributed by atoms with van der Waals surface area (Å²) in [5.41, 5.74) is 3.28. The van der Waals surface area contributed by atoms with Gasteiger partial charge in [-0.3, -0.25) is 10.2 Å². The molecule has 2 N–H and O–H groups in total. The summed E-state index contributed by atoms with van der Waals surface area (Å²) >= 11 is 0. The third-order valence-corrected chi connectivity index (χ3v) is 5.94. The van der Waals surface area contributed by atoms with E-state index in [4.69, 9.17) is 0 Å². The number of hydrogen-bond acceptors (Lipinski definition) is 3. The van der Waals surface area contributed by atoms with Gasteiger partial charge < -0.3 is 5.32 Å². The van der Waals surface area contributed by atoms with E-state index in [1.807, 2.05) is 74.5 Å². The van der Waals surface area contributed by atoms with Gasteiger partial charge in [0, 0.05) is 24.6 Å². The molecule has 1 aromatic heterocycles. The first-order chi connectivity index (χ1) is 15.7. The molecule has 9 heteroatoms. The Morgan fingerprint density at radius 3 is 2.30 bits per heavy atom. The van der Waals surface area contributed by atoms with E-state index in [2.05, 4.69) is 15.7 Å². The lowest BCUT2D eigenvalue weighted by Crippen LogP contribution is -2.43. The lowest BCUT2D eigenvalue weighted by atomic mass is 9.94. The number of urea groups is 1. The highest BCUT2D eigenvalue weighted by atomic mass is 19.4. The van der Waals surface area contributed by atoms with Gasteiger partial charge in [-0.05, 0) is 31.5 Å². The van der Waals surface area contributed by atoms with Crippen LogP contribution in [0.1, 0.15) is 22.7 Å². The van der Waals surface area contributed by atoms with Crippen LogP contribution >= 0.6 is 0 Å². The number of rotatable bonds is 5. The van der Waals surface area contributed by atoms with E-state index in [0.717, 1.165) is 22.5 Å². The number of nitrogens with one attached hydrogen (secondary N) is 2. The summed E-state index contributed by atoms with van der Waals surface area (Å²) in [6, 6.07) is 17.8. The maximum Gasteiger partial charge on any atom is 0.401 e. The van der Waals surface area contributed by atoms with E-state index in [1.54, 1.807) is 4.68 Å². The van der Waals surface area contributed by atoms with Crippen LogP contribution in [0, 0.1) is 13.8 Å². The molecule has 2 heterocycles. The smallest absolute Gasteiger partial charge is 0.333 e. The number of aryl methyl sites for hydroxylation is 1. The standard InChI is InChI=1S/C24H26F3N5O/c1-16-17(2)30-32(19-11-7-4-8-12-19)22(16)29-23(33)28-21-14-31(15-24(25,26)27)13-20(21)18-9-5-3-6-10-18/h3-12,20-21H,13-15H2,1-2H3,(H2,28,29,33)/t20-,21?/m0/s1. The number of alkyl halides is 3. The third-order valence-electron chi connectivity index (χ3n) is 5.94. The lowest BCUT2D eigenvalue weighted by molar-refractivity contribution is -0.143. The number of halogens is 3. The number of para-hydroxylation sites is 1. The summed E-state index contributed by atoms with van der Waals surface area (Å²) in [4.78, 5) is 14.3. The van der Waals surface area contributed by atoms with Gasteiger partial charge in [-0.1, -0.05) is 48.5 Å². The Bertz CT molecular complexity index is 1100. The molecular weight excluding hydrogens is 431 g/mol. The predicted octanol–water partition coefficient (Wildman–Crippen LogP) is 4.64. The zero-order valence-electron chi connectivity index (χ0n) is 18.4. The van der Waals surface area contributed by atoms with Crippen LogP contribution in [0.25, 0.3) is 5.69 Å². The van der Waals surface area contributed by atoms with Gasteiger partial charge in [0.05, 0.1) is 24.0 Å². The first-order valence-electron chi connectivity index (χ1n) is 10.7. The number of benzene rings is 2. The monoisotopic (exact) mass is 457 g/mol. The zero-order valence-corrected chi connectivity index (χ0v) is 18.4. The summed E-state index contributed by atoms with van der Waals surface area (Å²) in [5.74, 6) is 0.277. The van der Waals surface area contributed by atoms with E-state index in [-0.39, 0.29) is 19.0 Å². The second-order valence-electron chi connectivity index (χ2n) is 8.34. The van der Waals surface area contributed by atoms with Gasteiger partial charge in [0.15, 0.2) is 0 Å². The average molecular weight is 458 g/mol. The molecule has 0 spiro atoms. The Hall–Kier alpha value is -3.33. The Labute approximate surface area is 190 Å². The molecule has 1 aliphatic heterocycles. The molecule has 1 unspecified atom stereocenters. The van der Waals surface area contributed by atoms with Crippen LogP contribution in [0.5, 0.6) is 0 Å². The van der Waals surface area contributed by atoms with Crippen molar-refractivity contribution in [3.63, 3.8) is 0 Å². The number of aromatic nitrogens is 2. The molecule has 1 aliphatic rings. The number of anilines is 1. The summed E-state index contributed by atoms with van der Waals surface area (Å²) in [5, 5.41) is 10.3. The lowest BCUT2D eigenvalue weighted by Gasteiger charge is -2.21. The molecule has 1 fully saturated rings. The van der Waals surface area contributed by atoms with Crippen LogP contribution in [0.15, 0.2) is 60.7 Å². The summed E-state index contributed by atoms with van der Waals surface area (Å²) in [6.07, 6.45) is -4.30. The molecule has 0 aliphatic carbocycles. The minimum Gasteiger partial charge on any atom is -0.333 e. The molecule has 6 nitrogen and oxygen atoms in total. The van der Waals surface area contributed by atoms with Gasteiger partial charge in [-0.25, -0.2) is 9.48 Å². The van der Waals surface area contributed by atoms with E-state index in [0.29, 0.717) is 5.82 Å². The maximum atomic E-state index is 13.0. The van der Waals surface area contributed by atoms with E-state index >= 15 is 0 Å². The Kier molecular flexibility index (Phi) is 6.42. The van der Waals surface area contributed by atoms with Crippen molar-refractivity contribution < 1.29 is 18.0 Å². The van der Waals surface area contributed by atoms with E-state index in [9.17, 15) is 18.0 Å². The molecule has 2 atom stereocenters. The highest BCUT2D eigenvalue weighted by Gasteiger charge is 2.40. The number of hydrogen-bond donors (Lipinski definition) is 2. The van der Waals surface area contributed by atoms with Crippen LogP contribution in [0.3, 0.4) is 0 Å². The van der Waals surface area contributed by atoms with Crippen LogP contribution in [0.4, 0.5) is 23.8 Å². The van der Waals surface area contributed by atoms with Crippen molar-refractivity contribution in [1.29, 1.82) is 0 Å². The largest absolute Gasteiger partial charge is 0.401 e. The number of carbonyl (C=O) groups excluding carboxylic acids is 1. The maximum absolute atomic E-state index is 13.0. The molecule has 174 valence electrons. The predicted molar refractivity (Wildman–Crippen MR) is 121 cm³/mol. The first kappa shape index (κ1) is 22.8. The number of nitrogens with zero attached hydrogens (tertiary/aromatic N) is 3. The van der Waals surface area contributed by atoms with Crippen molar-refractivity contribution >= 4 is 11.8 Å². The number of likely N-dealkylation sites (tertiary alicyclic amines) is 1. The quantitative estimate of drug-likeness (QED) is 0.587. The Morgan fingerprint density at radius 1 is 1.03 bits per heavy atom. The van der Waals surface area contributed by atoms with Crippen molar-refractivity contribution in [2.75, 3.05) is 25.0 Å². The second-order valence-corrected chi connectivity index (χ2v) is 8.34. The minimum atomic E-state index is -4.30. The van der Waals surface area contributed by atoms with E-state index < -0.39 is 24.8 Å². The molecule has 0 radical (unpaired) electrons. The Morgan fingerprint density at radius 2 is 1.67 bits per heavy atom. The summed E-state index contributed by atoms with van der Waals surface area (Å²) in [7, 11) is 0. The van der Waals surface area contributed by atoms with Crippen molar-refractivity contribution in [3.05, 3.63) is 77.5 Å². The number of amides is 2. The van der Waals surface area contributed by atoms with Gasteiger partial charge in [-0.2, -0.15) is 18.3 Å². The zero-order chi connectivity index (χ0) is 23.6.